The first-order valence-corrected chi connectivity index (χ1v) is 11.5. The van der Waals surface area contributed by atoms with E-state index in [4.69, 9.17) is 4.74 Å². The van der Waals surface area contributed by atoms with Crippen molar-refractivity contribution < 1.29 is 22.7 Å². The highest BCUT2D eigenvalue weighted by Crippen LogP contribution is 2.34. The van der Waals surface area contributed by atoms with E-state index in [-0.39, 0.29) is 25.6 Å². The number of nitrogens with one attached hydrogen (secondary N) is 2. The Labute approximate surface area is 171 Å². The van der Waals surface area contributed by atoms with Gasteiger partial charge in [-0.1, -0.05) is 18.2 Å². The Kier molecular flexibility index (Phi) is 6.45. The molecule has 3 rings (SSSR count). The van der Waals surface area contributed by atoms with E-state index in [1.807, 2.05) is 37.4 Å². The molecule has 2 heterocycles. The third kappa shape index (κ3) is 4.71. The number of ether oxygens (including phenoxy) is 1. The van der Waals surface area contributed by atoms with Crippen LogP contribution in [0.25, 0.3) is 0 Å². The lowest BCUT2D eigenvalue weighted by Crippen LogP contribution is -2.62. The van der Waals surface area contributed by atoms with Gasteiger partial charge >= 0.3 is 0 Å². The van der Waals surface area contributed by atoms with E-state index in [1.165, 1.54) is 0 Å². The summed E-state index contributed by atoms with van der Waals surface area (Å²) in [4.78, 5) is 27.5. The zero-order valence-corrected chi connectivity index (χ0v) is 17.6. The van der Waals surface area contributed by atoms with Crippen LogP contribution in [-0.2, 0) is 24.3 Å². The molecule has 2 amide bonds. The normalized spacial score (nSPS) is 25.0. The van der Waals surface area contributed by atoms with Crippen molar-refractivity contribution in [3.63, 3.8) is 0 Å². The number of para-hydroxylation sites is 1. The number of amides is 2. The molecule has 2 fully saturated rings. The third-order valence-corrected chi connectivity index (χ3v) is 6.66. The minimum atomic E-state index is -3.55. The van der Waals surface area contributed by atoms with Crippen molar-refractivity contribution in [2.75, 3.05) is 57.5 Å². The minimum absolute atomic E-state index is 0.0675. The smallest absolute Gasteiger partial charge is 0.254 e. The maximum Gasteiger partial charge on any atom is 0.254 e. The van der Waals surface area contributed by atoms with E-state index < -0.39 is 27.4 Å². The summed E-state index contributed by atoms with van der Waals surface area (Å²) in [6, 6.07) is 9.92. The van der Waals surface area contributed by atoms with Crippen LogP contribution < -0.4 is 15.5 Å². The summed E-state index contributed by atoms with van der Waals surface area (Å²) < 4.78 is 30.9. The number of rotatable bonds is 7. The maximum atomic E-state index is 12.8. The zero-order chi connectivity index (χ0) is 21.1. The summed E-state index contributed by atoms with van der Waals surface area (Å²) in [6.07, 6.45) is 1.78. The van der Waals surface area contributed by atoms with E-state index in [9.17, 15) is 18.0 Å². The van der Waals surface area contributed by atoms with Crippen molar-refractivity contribution in [3.05, 3.63) is 30.3 Å². The number of morpholine rings is 1. The first-order chi connectivity index (χ1) is 13.7. The van der Waals surface area contributed by atoms with Crippen LogP contribution in [0.3, 0.4) is 0 Å². The molecule has 2 aliphatic rings. The fourth-order valence-corrected chi connectivity index (χ4v) is 4.63. The minimum Gasteiger partial charge on any atom is -0.375 e. The predicted octanol–water partition coefficient (Wildman–Crippen LogP) is -0.594. The molecule has 0 radical (unpaired) electrons. The molecule has 2 saturated heterocycles. The summed E-state index contributed by atoms with van der Waals surface area (Å²) in [5.74, 6) is -1.68. The van der Waals surface area contributed by atoms with Crippen LogP contribution in [0.2, 0.25) is 0 Å². The van der Waals surface area contributed by atoms with Crippen molar-refractivity contribution in [3.8, 4) is 0 Å². The summed E-state index contributed by atoms with van der Waals surface area (Å²) >= 11 is 0. The largest absolute Gasteiger partial charge is 0.375 e. The van der Waals surface area contributed by atoms with Gasteiger partial charge in [0.25, 0.3) is 5.91 Å². The molecule has 2 atom stereocenters. The van der Waals surface area contributed by atoms with E-state index in [0.717, 1.165) is 22.8 Å². The highest BCUT2D eigenvalue weighted by atomic mass is 32.2. The Morgan fingerprint density at radius 3 is 2.76 bits per heavy atom. The van der Waals surface area contributed by atoms with Crippen LogP contribution in [-0.4, -0.2) is 82.8 Å². The average Bonchev–Trinajstić information content (AvgIpc) is 3.09. The number of hydrogen-bond acceptors (Lipinski definition) is 6. The van der Waals surface area contributed by atoms with Gasteiger partial charge in [0.05, 0.1) is 25.3 Å². The molecule has 1 aromatic rings. The standard InChI is InChI=1S/C19H28N4O5S/c1-22(15-7-4-3-5-8-15)11-6-9-20-17(24)16-13-23(29(2,26)27)14-19(16)18(25)21-10-12-28-19/h3-5,7-8,16H,6,9-14H2,1-2H3,(H,20,24)(H,21,25)/t16-,19-/m0/s1. The first kappa shape index (κ1) is 21.5. The fraction of sp³-hybridized carbons (Fsp3) is 0.579. The van der Waals surface area contributed by atoms with Crippen LogP contribution in [0.15, 0.2) is 30.3 Å². The molecule has 29 heavy (non-hydrogen) atoms. The molecular formula is C19H28N4O5S. The van der Waals surface area contributed by atoms with Crippen LogP contribution in [0.4, 0.5) is 5.69 Å². The van der Waals surface area contributed by atoms with Crippen molar-refractivity contribution in [1.29, 1.82) is 0 Å². The predicted molar refractivity (Wildman–Crippen MR) is 109 cm³/mol. The van der Waals surface area contributed by atoms with Crippen LogP contribution in [0.1, 0.15) is 6.42 Å². The quantitative estimate of drug-likeness (QED) is 0.567. The first-order valence-electron chi connectivity index (χ1n) is 9.65. The highest BCUT2D eigenvalue weighted by Gasteiger charge is 2.59. The number of nitrogens with zero attached hydrogens (tertiary/aromatic N) is 2. The second-order valence-corrected chi connectivity index (χ2v) is 9.49. The Morgan fingerprint density at radius 2 is 2.10 bits per heavy atom. The average molecular weight is 425 g/mol. The second-order valence-electron chi connectivity index (χ2n) is 7.50. The van der Waals surface area contributed by atoms with E-state index in [0.29, 0.717) is 19.5 Å². The SMILES string of the molecule is CN(CCCNC(=O)[C@@H]1CN(S(C)(=O)=O)C[C@]12OCCNC2=O)c1ccccc1. The summed E-state index contributed by atoms with van der Waals surface area (Å²) in [5, 5.41) is 5.55. The van der Waals surface area contributed by atoms with E-state index in [1.54, 1.807) is 0 Å². The van der Waals surface area contributed by atoms with Crippen LogP contribution >= 0.6 is 0 Å². The van der Waals surface area contributed by atoms with Gasteiger partial charge in [-0.15, -0.1) is 0 Å². The van der Waals surface area contributed by atoms with Gasteiger partial charge in [-0.05, 0) is 18.6 Å². The molecule has 10 heteroatoms. The Bertz CT molecular complexity index is 847. The van der Waals surface area contributed by atoms with Crippen molar-refractivity contribution in [2.45, 2.75) is 12.0 Å². The number of benzene rings is 1. The van der Waals surface area contributed by atoms with Crippen molar-refractivity contribution >= 4 is 27.5 Å². The number of carbonyl (C=O) groups excluding carboxylic acids is 2. The van der Waals surface area contributed by atoms with E-state index >= 15 is 0 Å². The van der Waals surface area contributed by atoms with Gasteiger partial charge in [-0.2, -0.15) is 4.31 Å². The molecule has 1 spiro atoms. The molecule has 0 unspecified atom stereocenters. The molecule has 2 aliphatic heterocycles. The third-order valence-electron chi connectivity index (χ3n) is 5.44. The lowest BCUT2D eigenvalue weighted by atomic mass is 9.87. The topological polar surface area (TPSA) is 108 Å². The van der Waals surface area contributed by atoms with E-state index in [2.05, 4.69) is 15.5 Å². The van der Waals surface area contributed by atoms with Crippen LogP contribution in [0.5, 0.6) is 0 Å². The van der Waals surface area contributed by atoms with Gasteiger partial charge < -0.3 is 20.3 Å². The monoisotopic (exact) mass is 424 g/mol. The Hall–Kier alpha value is -2.17. The summed E-state index contributed by atoms with van der Waals surface area (Å²) in [6.45, 7) is 1.54. The molecule has 160 valence electrons. The summed E-state index contributed by atoms with van der Waals surface area (Å²) in [7, 11) is -1.57. The number of anilines is 1. The second kappa shape index (κ2) is 8.68. The van der Waals surface area contributed by atoms with Gasteiger partial charge in [0.2, 0.25) is 15.9 Å². The van der Waals surface area contributed by atoms with Crippen LogP contribution in [0, 0.1) is 5.92 Å². The lowest BCUT2D eigenvalue weighted by Gasteiger charge is -2.36. The van der Waals surface area contributed by atoms with Crippen molar-refractivity contribution in [1.82, 2.24) is 14.9 Å². The molecule has 0 saturated carbocycles. The van der Waals surface area contributed by atoms with Gasteiger partial charge in [0, 0.05) is 38.9 Å². The molecule has 1 aromatic carbocycles. The van der Waals surface area contributed by atoms with Gasteiger partial charge in [-0.3, -0.25) is 9.59 Å². The molecule has 0 aliphatic carbocycles. The maximum absolute atomic E-state index is 12.8. The van der Waals surface area contributed by atoms with Gasteiger partial charge in [-0.25, -0.2) is 8.42 Å². The molecular weight excluding hydrogens is 396 g/mol. The number of sulfonamides is 1. The molecule has 9 nitrogen and oxygen atoms in total. The highest BCUT2D eigenvalue weighted by molar-refractivity contribution is 7.88. The Morgan fingerprint density at radius 1 is 1.38 bits per heavy atom. The summed E-state index contributed by atoms with van der Waals surface area (Å²) in [5.41, 5.74) is -0.378. The molecule has 2 N–H and O–H groups in total. The Balaban J connectivity index is 1.60. The number of carbonyl (C=O) groups is 2. The molecule has 0 bridgehead atoms. The zero-order valence-electron chi connectivity index (χ0n) is 16.8. The number of hydrogen-bond donors (Lipinski definition) is 2. The van der Waals surface area contributed by atoms with Gasteiger partial charge in [0.1, 0.15) is 0 Å². The van der Waals surface area contributed by atoms with Gasteiger partial charge in [0.15, 0.2) is 5.60 Å². The molecule has 0 aromatic heterocycles. The lowest BCUT2D eigenvalue weighted by molar-refractivity contribution is -0.163. The van der Waals surface area contributed by atoms with Crippen molar-refractivity contribution in [2.24, 2.45) is 5.92 Å². The fourth-order valence-electron chi connectivity index (χ4n) is 3.79.